The van der Waals surface area contributed by atoms with Gasteiger partial charge < -0.3 is 5.11 Å². The summed E-state index contributed by atoms with van der Waals surface area (Å²) in [6.45, 7) is 0. The standard InChI is InChI=1S/C6H4O6S2/c7-3-1-2-4(14(10,11)12)6-5(3)13(6,8)9/h1-2,7H,(H,10,11,12). The van der Waals surface area contributed by atoms with Gasteiger partial charge in [0.25, 0.3) is 10.1 Å². The Morgan fingerprint density at radius 1 is 1.14 bits per heavy atom. The molecule has 2 N–H and O–H groups in total. The normalized spacial score (nSPS) is 17.5. The van der Waals surface area contributed by atoms with Gasteiger partial charge >= 0.3 is 0 Å². The Balaban J connectivity index is 2.87. The molecule has 1 heterocycles. The first-order valence-electron chi connectivity index (χ1n) is 3.35. The van der Waals surface area contributed by atoms with E-state index in [-0.39, 0.29) is 0 Å². The number of benzene rings is 1. The maximum absolute atomic E-state index is 11.1. The summed E-state index contributed by atoms with van der Waals surface area (Å²) in [5.74, 6) is -0.507. The van der Waals surface area contributed by atoms with Gasteiger partial charge in [0, 0.05) is 0 Å². The van der Waals surface area contributed by atoms with Crippen molar-refractivity contribution in [1.82, 2.24) is 0 Å². The van der Waals surface area contributed by atoms with Crippen molar-refractivity contribution in [3.05, 3.63) is 12.1 Å². The molecule has 1 aromatic rings. The van der Waals surface area contributed by atoms with E-state index in [4.69, 9.17) is 9.66 Å². The fourth-order valence-electron chi connectivity index (χ4n) is 1.20. The van der Waals surface area contributed by atoms with Crippen molar-refractivity contribution < 1.29 is 26.5 Å². The highest BCUT2D eigenvalue weighted by atomic mass is 32.2. The Bertz CT molecular complexity index is 625. The molecular formula is C6H4O6S2. The van der Waals surface area contributed by atoms with Crippen LogP contribution in [0.3, 0.4) is 0 Å². The molecule has 0 spiro atoms. The van der Waals surface area contributed by atoms with Crippen LogP contribution in [0.4, 0.5) is 0 Å². The molecule has 0 atom stereocenters. The predicted octanol–water partition coefficient (Wildman–Crippen LogP) is -0.215. The molecule has 2 rings (SSSR count). The third-order valence-corrected chi connectivity index (χ3v) is 4.56. The van der Waals surface area contributed by atoms with Gasteiger partial charge in [-0.25, -0.2) is 8.42 Å². The van der Waals surface area contributed by atoms with E-state index in [1.807, 2.05) is 0 Å². The SMILES string of the molecule is O=S(=O)(O)c1ccc(O)c2c1S2(=O)=O. The molecule has 0 aromatic heterocycles. The monoisotopic (exact) mass is 236 g/mol. The second kappa shape index (κ2) is 2.27. The number of phenols is 1. The van der Waals surface area contributed by atoms with Crippen molar-refractivity contribution >= 4 is 20.0 Å². The first-order valence-corrected chi connectivity index (χ1v) is 6.27. The highest BCUT2D eigenvalue weighted by Crippen LogP contribution is 2.50. The van der Waals surface area contributed by atoms with Crippen LogP contribution in [0, 0.1) is 0 Å². The molecule has 8 heteroatoms. The third-order valence-electron chi connectivity index (χ3n) is 1.83. The van der Waals surface area contributed by atoms with Crippen molar-refractivity contribution in [2.75, 3.05) is 0 Å². The molecule has 0 unspecified atom stereocenters. The van der Waals surface area contributed by atoms with Crippen molar-refractivity contribution in [3.8, 4) is 5.75 Å². The van der Waals surface area contributed by atoms with Crippen LogP contribution < -0.4 is 0 Å². The first-order chi connectivity index (χ1) is 6.26. The molecule has 6 nitrogen and oxygen atoms in total. The minimum atomic E-state index is -4.56. The summed E-state index contributed by atoms with van der Waals surface area (Å²) in [7, 11) is -8.37. The molecule has 76 valence electrons. The van der Waals surface area contributed by atoms with Gasteiger partial charge in [-0.15, -0.1) is 0 Å². The van der Waals surface area contributed by atoms with Crippen LogP contribution in [0.15, 0.2) is 26.8 Å². The molecule has 0 amide bonds. The Morgan fingerprint density at radius 3 is 2.21 bits per heavy atom. The molecule has 0 radical (unpaired) electrons. The minimum absolute atomic E-state index is 0.423. The summed E-state index contributed by atoms with van der Waals surface area (Å²) >= 11 is 0. The van der Waals surface area contributed by atoms with Gasteiger partial charge in [-0.3, -0.25) is 4.55 Å². The topological polar surface area (TPSA) is 109 Å². The first kappa shape index (κ1) is 9.44. The predicted molar refractivity (Wildman–Crippen MR) is 43.4 cm³/mol. The Kier molecular flexibility index (Phi) is 1.53. The van der Waals surface area contributed by atoms with Gasteiger partial charge in [0.15, 0.2) is 0 Å². The summed E-state index contributed by atoms with van der Waals surface area (Å²) in [4.78, 5) is -1.63. The van der Waals surface area contributed by atoms with E-state index < -0.39 is 40.4 Å². The molecule has 1 aliphatic heterocycles. The maximum atomic E-state index is 11.1. The van der Waals surface area contributed by atoms with E-state index in [0.29, 0.717) is 0 Å². The van der Waals surface area contributed by atoms with Crippen LogP contribution in [0.25, 0.3) is 0 Å². The molecule has 1 aliphatic rings. The Hall–Kier alpha value is -1.12. The molecular weight excluding hydrogens is 232 g/mol. The number of fused-ring (bicyclic) bond motifs is 1. The van der Waals surface area contributed by atoms with E-state index >= 15 is 0 Å². The molecule has 0 saturated carbocycles. The van der Waals surface area contributed by atoms with Gasteiger partial charge in [-0.1, -0.05) is 0 Å². The lowest BCUT2D eigenvalue weighted by Crippen LogP contribution is -1.97. The van der Waals surface area contributed by atoms with Gasteiger partial charge in [0.05, 0.1) is 0 Å². The second-order valence-corrected chi connectivity index (χ2v) is 5.93. The lowest BCUT2D eigenvalue weighted by atomic mass is 10.3. The van der Waals surface area contributed by atoms with Crippen LogP contribution in [0.2, 0.25) is 0 Å². The third kappa shape index (κ3) is 1.04. The van der Waals surface area contributed by atoms with Gasteiger partial charge in [0.1, 0.15) is 20.4 Å². The molecule has 0 fully saturated rings. The molecule has 0 aliphatic carbocycles. The van der Waals surface area contributed by atoms with Crippen molar-refractivity contribution in [3.63, 3.8) is 0 Å². The molecule has 14 heavy (non-hydrogen) atoms. The zero-order valence-corrected chi connectivity index (χ0v) is 8.13. The van der Waals surface area contributed by atoms with Crippen molar-refractivity contribution in [2.45, 2.75) is 14.7 Å². The molecule has 0 bridgehead atoms. The number of phenolic OH excluding ortho intramolecular Hbond substituents is 1. The summed E-state index contributed by atoms with van der Waals surface area (Å²) in [6, 6.07) is 1.75. The summed E-state index contributed by atoms with van der Waals surface area (Å²) in [5, 5.41) is 9.04. The highest BCUT2D eigenvalue weighted by molar-refractivity contribution is 7.98. The zero-order chi connectivity index (χ0) is 10.7. The lowest BCUT2D eigenvalue weighted by molar-refractivity contribution is 0.459. The number of hydrogen-bond donors (Lipinski definition) is 2. The molecule has 1 aromatic carbocycles. The highest BCUT2D eigenvalue weighted by Gasteiger charge is 2.48. The van der Waals surface area contributed by atoms with Crippen LogP contribution in [-0.2, 0) is 20.0 Å². The smallest absolute Gasteiger partial charge is 0.295 e. The number of sulfone groups is 1. The van der Waals surface area contributed by atoms with Crippen LogP contribution in [0.1, 0.15) is 0 Å². The molecule has 0 saturated heterocycles. The summed E-state index contributed by atoms with van der Waals surface area (Å²) < 4.78 is 52.2. The van der Waals surface area contributed by atoms with Crippen molar-refractivity contribution in [2.24, 2.45) is 0 Å². The van der Waals surface area contributed by atoms with Crippen LogP contribution in [-0.4, -0.2) is 26.5 Å². The quantitative estimate of drug-likeness (QED) is 0.523. The summed E-state index contributed by atoms with van der Waals surface area (Å²) in [6.07, 6.45) is 0. The van der Waals surface area contributed by atoms with E-state index in [0.717, 1.165) is 12.1 Å². The van der Waals surface area contributed by atoms with E-state index in [1.165, 1.54) is 0 Å². The average molecular weight is 236 g/mol. The maximum Gasteiger partial charge on any atom is 0.295 e. The number of hydrogen-bond acceptors (Lipinski definition) is 5. The Labute approximate surface area is 79.5 Å². The van der Waals surface area contributed by atoms with Gasteiger partial charge in [0.2, 0.25) is 9.84 Å². The second-order valence-electron chi connectivity index (χ2n) is 2.72. The Morgan fingerprint density at radius 2 is 1.71 bits per heavy atom. The average Bonchev–Trinajstić information content (AvgIpc) is 2.54. The lowest BCUT2D eigenvalue weighted by Gasteiger charge is -1.92. The van der Waals surface area contributed by atoms with E-state index in [2.05, 4.69) is 0 Å². The van der Waals surface area contributed by atoms with Crippen molar-refractivity contribution in [1.29, 1.82) is 0 Å². The number of rotatable bonds is 1. The summed E-state index contributed by atoms with van der Waals surface area (Å²) in [5.41, 5.74) is 0. The van der Waals surface area contributed by atoms with Crippen LogP contribution in [0.5, 0.6) is 5.75 Å². The van der Waals surface area contributed by atoms with Gasteiger partial charge in [-0.2, -0.15) is 8.42 Å². The fraction of sp³-hybridized carbons (Fsp3) is 0. The van der Waals surface area contributed by atoms with E-state index in [1.54, 1.807) is 0 Å². The number of aromatic hydroxyl groups is 1. The van der Waals surface area contributed by atoms with Crippen LogP contribution >= 0.6 is 0 Å². The van der Waals surface area contributed by atoms with E-state index in [9.17, 15) is 16.8 Å². The zero-order valence-electron chi connectivity index (χ0n) is 6.50. The fourth-order valence-corrected chi connectivity index (χ4v) is 3.97. The largest absolute Gasteiger partial charge is 0.507 e. The minimum Gasteiger partial charge on any atom is -0.507 e. The van der Waals surface area contributed by atoms with Gasteiger partial charge in [-0.05, 0) is 12.1 Å².